The van der Waals surface area contributed by atoms with Crippen LogP contribution in [0.25, 0.3) is 10.9 Å². The fraction of sp³-hybridized carbons (Fsp3) is 0.286. The number of rotatable bonds is 6. The van der Waals surface area contributed by atoms with Gasteiger partial charge in [-0.2, -0.15) is 0 Å². The molecule has 24 heavy (non-hydrogen) atoms. The quantitative estimate of drug-likeness (QED) is 0.627. The molecule has 0 amide bonds. The van der Waals surface area contributed by atoms with Crippen molar-refractivity contribution in [2.75, 3.05) is 6.61 Å². The van der Waals surface area contributed by atoms with Crippen LogP contribution in [0.5, 0.6) is 5.75 Å². The Morgan fingerprint density at radius 2 is 1.67 bits per heavy atom. The van der Waals surface area contributed by atoms with E-state index in [9.17, 15) is 4.79 Å². The number of aryl methyl sites for hydroxylation is 3. The second-order valence-corrected chi connectivity index (χ2v) is 6.16. The number of ether oxygens (including phenoxy) is 1. The average Bonchev–Trinajstić information content (AvgIpc) is 2.58. The molecule has 3 rings (SSSR count). The Morgan fingerprint density at radius 3 is 2.50 bits per heavy atom. The normalized spacial score (nSPS) is 10.9. The third kappa shape index (κ3) is 3.51. The minimum atomic E-state index is 0.0750. The van der Waals surface area contributed by atoms with Gasteiger partial charge in [0.05, 0.1) is 12.1 Å². The molecule has 124 valence electrons. The number of unbranched alkanes of at least 4 members (excludes halogenated alkanes) is 1. The van der Waals surface area contributed by atoms with Gasteiger partial charge in [-0.05, 0) is 49.9 Å². The van der Waals surface area contributed by atoms with Gasteiger partial charge in [-0.15, -0.1) is 0 Å². The Kier molecular flexibility index (Phi) is 4.99. The zero-order valence-electron chi connectivity index (χ0n) is 14.3. The van der Waals surface area contributed by atoms with Crippen molar-refractivity contribution in [1.29, 1.82) is 0 Å². The number of hydrogen-bond donors (Lipinski definition) is 0. The lowest BCUT2D eigenvalue weighted by Crippen LogP contribution is -2.20. The molecule has 0 atom stereocenters. The summed E-state index contributed by atoms with van der Waals surface area (Å²) < 4.78 is 7.70. The largest absolute Gasteiger partial charge is 0.493 e. The molecule has 0 unspecified atom stereocenters. The molecule has 3 aromatic rings. The van der Waals surface area contributed by atoms with Crippen LogP contribution < -0.4 is 10.3 Å². The minimum Gasteiger partial charge on any atom is -0.493 e. The van der Waals surface area contributed by atoms with Crippen LogP contribution in [0.2, 0.25) is 0 Å². The molecule has 0 saturated heterocycles. The van der Waals surface area contributed by atoms with Crippen molar-refractivity contribution >= 4 is 10.9 Å². The highest BCUT2D eigenvalue weighted by molar-refractivity contribution is 5.82. The van der Waals surface area contributed by atoms with Crippen molar-refractivity contribution in [2.45, 2.75) is 33.2 Å². The predicted molar refractivity (Wildman–Crippen MR) is 98.9 cm³/mol. The van der Waals surface area contributed by atoms with Crippen LogP contribution in [0.15, 0.2) is 59.4 Å². The summed E-state index contributed by atoms with van der Waals surface area (Å²) in [7, 11) is 0. The summed E-state index contributed by atoms with van der Waals surface area (Å²) in [6, 6.07) is 17.9. The SMILES string of the molecule is Cc1ccccc1OCCCCn1c(=O)cc(C)c2ccccc21. The highest BCUT2D eigenvalue weighted by atomic mass is 16.5. The minimum absolute atomic E-state index is 0.0750. The maximum Gasteiger partial charge on any atom is 0.251 e. The first kappa shape index (κ1) is 16.3. The monoisotopic (exact) mass is 321 g/mol. The molecule has 3 nitrogen and oxygen atoms in total. The Bertz CT molecular complexity index is 896. The average molecular weight is 321 g/mol. The molecule has 0 radical (unpaired) electrons. The van der Waals surface area contributed by atoms with Gasteiger partial charge in [0.25, 0.3) is 5.56 Å². The van der Waals surface area contributed by atoms with Gasteiger partial charge < -0.3 is 9.30 Å². The molecule has 0 aliphatic rings. The molecule has 0 N–H and O–H groups in total. The van der Waals surface area contributed by atoms with Crippen LogP contribution in [0.4, 0.5) is 0 Å². The van der Waals surface area contributed by atoms with Gasteiger partial charge in [-0.3, -0.25) is 4.79 Å². The summed E-state index contributed by atoms with van der Waals surface area (Å²) in [4.78, 5) is 12.3. The van der Waals surface area contributed by atoms with Crippen LogP contribution in [-0.2, 0) is 6.54 Å². The van der Waals surface area contributed by atoms with E-state index in [0.29, 0.717) is 6.61 Å². The van der Waals surface area contributed by atoms with Crippen molar-refractivity contribution < 1.29 is 4.74 Å². The zero-order chi connectivity index (χ0) is 16.9. The fourth-order valence-electron chi connectivity index (χ4n) is 3.01. The zero-order valence-corrected chi connectivity index (χ0v) is 14.3. The maximum absolute atomic E-state index is 12.3. The van der Waals surface area contributed by atoms with Crippen LogP contribution in [0, 0.1) is 13.8 Å². The third-order valence-corrected chi connectivity index (χ3v) is 4.35. The molecule has 0 bridgehead atoms. The molecule has 0 aliphatic heterocycles. The van der Waals surface area contributed by atoms with E-state index in [1.165, 1.54) is 0 Å². The lowest BCUT2D eigenvalue weighted by Gasteiger charge is -2.12. The van der Waals surface area contributed by atoms with Gasteiger partial charge in [0.1, 0.15) is 5.75 Å². The van der Waals surface area contributed by atoms with Gasteiger partial charge >= 0.3 is 0 Å². The number of nitrogens with zero attached hydrogens (tertiary/aromatic N) is 1. The maximum atomic E-state index is 12.3. The molecule has 0 spiro atoms. The van der Waals surface area contributed by atoms with Crippen LogP contribution in [0.3, 0.4) is 0 Å². The van der Waals surface area contributed by atoms with Crippen molar-refractivity contribution in [3.8, 4) is 5.75 Å². The van der Waals surface area contributed by atoms with E-state index in [0.717, 1.165) is 47.2 Å². The van der Waals surface area contributed by atoms with Gasteiger partial charge in [0.2, 0.25) is 0 Å². The first-order valence-electron chi connectivity index (χ1n) is 8.44. The Balaban J connectivity index is 1.62. The Morgan fingerprint density at radius 1 is 0.917 bits per heavy atom. The molecular weight excluding hydrogens is 298 g/mol. The number of benzene rings is 2. The topological polar surface area (TPSA) is 31.2 Å². The van der Waals surface area contributed by atoms with Gasteiger partial charge in [-0.1, -0.05) is 36.4 Å². The van der Waals surface area contributed by atoms with E-state index in [1.807, 2.05) is 60.9 Å². The molecule has 3 heteroatoms. The van der Waals surface area contributed by atoms with E-state index in [2.05, 4.69) is 6.07 Å². The smallest absolute Gasteiger partial charge is 0.251 e. The summed E-state index contributed by atoms with van der Waals surface area (Å²) in [6.45, 7) is 5.43. The predicted octanol–water partition coefficient (Wildman–Crippen LogP) is 4.48. The second-order valence-electron chi connectivity index (χ2n) is 6.16. The molecule has 0 saturated carbocycles. The van der Waals surface area contributed by atoms with Crippen LogP contribution in [0.1, 0.15) is 24.0 Å². The molecule has 1 aromatic heterocycles. The Hall–Kier alpha value is -2.55. The highest BCUT2D eigenvalue weighted by Crippen LogP contribution is 2.18. The summed E-state index contributed by atoms with van der Waals surface area (Å²) in [5.74, 6) is 0.940. The van der Waals surface area contributed by atoms with Crippen molar-refractivity contribution in [1.82, 2.24) is 4.57 Å². The highest BCUT2D eigenvalue weighted by Gasteiger charge is 2.05. The van der Waals surface area contributed by atoms with Crippen molar-refractivity contribution in [2.24, 2.45) is 0 Å². The number of hydrogen-bond acceptors (Lipinski definition) is 2. The Labute approximate surface area is 142 Å². The molecular formula is C21H23NO2. The van der Waals surface area contributed by atoms with Crippen molar-refractivity contribution in [3.63, 3.8) is 0 Å². The van der Waals surface area contributed by atoms with E-state index in [-0.39, 0.29) is 5.56 Å². The third-order valence-electron chi connectivity index (χ3n) is 4.35. The molecule has 2 aromatic carbocycles. The van der Waals surface area contributed by atoms with Crippen LogP contribution in [-0.4, -0.2) is 11.2 Å². The van der Waals surface area contributed by atoms with E-state index in [1.54, 1.807) is 6.07 Å². The standard InChI is InChI=1S/C21H23NO2/c1-16-9-3-6-12-20(16)24-14-8-7-13-22-19-11-5-4-10-18(19)17(2)15-21(22)23/h3-6,9-12,15H,7-8,13-14H2,1-2H3. The lowest BCUT2D eigenvalue weighted by atomic mass is 10.1. The van der Waals surface area contributed by atoms with Gasteiger partial charge in [-0.25, -0.2) is 0 Å². The van der Waals surface area contributed by atoms with Gasteiger partial charge in [0.15, 0.2) is 0 Å². The summed E-state index contributed by atoms with van der Waals surface area (Å²) in [6.07, 6.45) is 1.84. The first-order valence-corrected chi connectivity index (χ1v) is 8.44. The second kappa shape index (κ2) is 7.35. The van der Waals surface area contributed by atoms with Crippen molar-refractivity contribution in [3.05, 3.63) is 76.1 Å². The number of para-hydroxylation sites is 2. The summed E-state index contributed by atoms with van der Waals surface area (Å²) >= 11 is 0. The fourth-order valence-corrected chi connectivity index (χ4v) is 3.01. The number of aromatic nitrogens is 1. The molecule has 0 aliphatic carbocycles. The van der Waals surface area contributed by atoms with E-state index < -0.39 is 0 Å². The molecule has 0 fully saturated rings. The summed E-state index contributed by atoms with van der Waals surface area (Å²) in [5.41, 5.74) is 3.28. The molecule has 1 heterocycles. The van der Waals surface area contributed by atoms with E-state index in [4.69, 9.17) is 4.74 Å². The van der Waals surface area contributed by atoms with Crippen LogP contribution >= 0.6 is 0 Å². The number of pyridine rings is 1. The van der Waals surface area contributed by atoms with E-state index >= 15 is 0 Å². The van der Waals surface area contributed by atoms with Gasteiger partial charge in [0, 0.05) is 18.0 Å². The summed E-state index contributed by atoms with van der Waals surface area (Å²) in [5, 5.41) is 1.15. The number of fused-ring (bicyclic) bond motifs is 1. The lowest BCUT2D eigenvalue weighted by molar-refractivity contribution is 0.301. The first-order chi connectivity index (χ1) is 11.7.